The van der Waals surface area contributed by atoms with Crippen LogP contribution < -0.4 is 9.47 Å². The van der Waals surface area contributed by atoms with Crippen LogP contribution in [0.2, 0.25) is 0 Å². The molecule has 1 N–H and O–H groups in total. The van der Waals surface area contributed by atoms with E-state index in [4.69, 9.17) is 14.6 Å². The zero-order valence-corrected chi connectivity index (χ0v) is 14.4. The summed E-state index contributed by atoms with van der Waals surface area (Å²) in [6, 6.07) is 5.73. The summed E-state index contributed by atoms with van der Waals surface area (Å²) in [4.78, 5) is 14.0. The first kappa shape index (κ1) is 17.3. The molecule has 1 fully saturated rings. The van der Waals surface area contributed by atoms with Gasteiger partial charge in [0.05, 0.1) is 26.6 Å². The van der Waals surface area contributed by atoms with Crippen molar-refractivity contribution >= 4 is 29.4 Å². The Balaban J connectivity index is 2.13. The summed E-state index contributed by atoms with van der Waals surface area (Å²) in [5.41, 5.74) is 1.01. The molecule has 0 radical (unpaired) electrons. The lowest BCUT2D eigenvalue weighted by Gasteiger charge is -2.24. The highest BCUT2D eigenvalue weighted by Crippen LogP contribution is 2.41. The zero-order valence-electron chi connectivity index (χ0n) is 12.8. The number of rotatable bonds is 8. The van der Waals surface area contributed by atoms with Gasteiger partial charge in [-0.1, -0.05) is 0 Å². The molecule has 22 heavy (non-hydrogen) atoms. The van der Waals surface area contributed by atoms with Crippen molar-refractivity contribution in [1.82, 2.24) is 4.90 Å². The van der Waals surface area contributed by atoms with E-state index in [0.29, 0.717) is 18.1 Å². The van der Waals surface area contributed by atoms with E-state index >= 15 is 0 Å². The average Bonchev–Trinajstić information content (AvgIpc) is 2.92. The van der Waals surface area contributed by atoms with Gasteiger partial charge in [0, 0.05) is 24.1 Å². The lowest BCUT2D eigenvalue weighted by Crippen LogP contribution is -2.30. The number of hydrogen-bond donors (Lipinski definition) is 1. The largest absolute Gasteiger partial charge is 0.497 e. The Kier molecular flexibility index (Phi) is 6.72. The molecule has 1 saturated heterocycles. The fourth-order valence-corrected chi connectivity index (χ4v) is 4.13. The minimum Gasteiger partial charge on any atom is -0.497 e. The highest BCUT2D eigenvalue weighted by Gasteiger charge is 2.32. The van der Waals surface area contributed by atoms with E-state index < -0.39 is 0 Å². The number of methoxy groups -OCH3 is 2. The first-order valence-corrected chi connectivity index (χ1v) is 9.22. The highest BCUT2D eigenvalue weighted by atomic mass is 32.2. The van der Waals surface area contributed by atoms with Crippen molar-refractivity contribution in [2.24, 2.45) is 0 Å². The molecule has 0 aromatic heterocycles. The molecule has 1 heterocycles. The maximum atomic E-state index is 12.1. The Bertz CT molecular complexity index is 490. The summed E-state index contributed by atoms with van der Waals surface area (Å²) in [7, 11) is 3.24. The number of amides is 1. The predicted octanol–water partition coefficient (Wildman–Crippen LogP) is 2.00. The van der Waals surface area contributed by atoms with Crippen LogP contribution in [0.25, 0.3) is 0 Å². The topological polar surface area (TPSA) is 59.0 Å². The predicted molar refractivity (Wildman–Crippen MR) is 90.9 cm³/mol. The SMILES string of the molecule is COc1cc(OC)cc(C2SCC(=O)N2CCSCCO)c1. The Hall–Kier alpha value is -1.05. The van der Waals surface area contributed by atoms with Crippen molar-refractivity contribution in [2.75, 3.05) is 44.6 Å². The maximum absolute atomic E-state index is 12.1. The Morgan fingerprint density at radius 1 is 1.27 bits per heavy atom. The van der Waals surface area contributed by atoms with Crippen molar-refractivity contribution in [3.63, 3.8) is 0 Å². The summed E-state index contributed by atoms with van der Waals surface area (Å²) in [5.74, 6) is 3.63. The van der Waals surface area contributed by atoms with E-state index in [9.17, 15) is 4.79 Å². The molecule has 122 valence electrons. The summed E-state index contributed by atoms with van der Waals surface area (Å²) in [5, 5.41) is 8.81. The van der Waals surface area contributed by atoms with Crippen LogP contribution in [0.15, 0.2) is 18.2 Å². The van der Waals surface area contributed by atoms with Gasteiger partial charge in [-0.15, -0.1) is 11.8 Å². The summed E-state index contributed by atoms with van der Waals surface area (Å²) >= 11 is 3.27. The van der Waals surface area contributed by atoms with E-state index in [2.05, 4.69) is 0 Å². The fourth-order valence-electron chi connectivity index (χ4n) is 2.27. The molecule has 1 amide bonds. The number of aliphatic hydroxyl groups excluding tert-OH is 1. The molecule has 1 aliphatic heterocycles. The van der Waals surface area contributed by atoms with Crippen molar-refractivity contribution in [2.45, 2.75) is 5.37 Å². The summed E-state index contributed by atoms with van der Waals surface area (Å²) in [6.07, 6.45) is 0. The molecular weight excluding hydrogens is 322 g/mol. The minimum atomic E-state index is -0.00812. The third-order valence-corrected chi connectivity index (χ3v) is 5.54. The third-order valence-electron chi connectivity index (χ3n) is 3.34. The molecule has 5 nitrogen and oxygen atoms in total. The minimum absolute atomic E-state index is 0.00812. The number of hydrogen-bond acceptors (Lipinski definition) is 6. The second-order valence-corrected chi connectivity index (χ2v) is 7.03. The monoisotopic (exact) mass is 343 g/mol. The number of nitrogens with zero attached hydrogens (tertiary/aromatic N) is 1. The van der Waals surface area contributed by atoms with Crippen LogP contribution in [0.5, 0.6) is 11.5 Å². The number of carbonyl (C=O) groups excluding carboxylic acids is 1. The van der Waals surface area contributed by atoms with Crippen molar-refractivity contribution in [3.05, 3.63) is 23.8 Å². The molecule has 7 heteroatoms. The first-order chi connectivity index (χ1) is 10.7. The van der Waals surface area contributed by atoms with E-state index in [1.807, 2.05) is 23.1 Å². The normalized spacial score (nSPS) is 17.9. The van der Waals surface area contributed by atoms with Gasteiger partial charge in [-0.05, 0) is 17.7 Å². The van der Waals surface area contributed by atoms with Crippen LogP contribution in [0.1, 0.15) is 10.9 Å². The van der Waals surface area contributed by atoms with Crippen molar-refractivity contribution < 1.29 is 19.4 Å². The van der Waals surface area contributed by atoms with Crippen LogP contribution in [-0.2, 0) is 4.79 Å². The Morgan fingerprint density at radius 3 is 2.55 bits per heavy atom. The molecule has 2 rings (SSSR count). The molecule has 0 bridgehead atoms. The molecule has 1 aliphatic rings. The molecular formula is C15H21NO4S2. The van der Waals surface area contributed by atoms with Crippen molar-refractivity contribution in [1.29, 1.82) is 0 Å². The van der Waals surface area contributed by atoms with Gasteiger partial charge in [0.25, 0.3) is 0 Å². The molecule has 0 aliphatic carbocycles. The lowest BCUT2D eigenvalue weighted by atomic mass is 10.2. The fraction of sp³-hybridized carbons (Fsp3) is 0.533. The van der Waals surface area contributed by atoms with Crippen LogP contribution in [0.3, 0.4) is 0 Å². The lowest BCUT2D eigenvalue weighted by molar-refractivity contribution is -0.127. The van der Waals surface area contributed by atoms with Crippen LogP contribution in [0, 0.1) is 0 Å². The van der Waals surface area contributed by atoms with E-state index in [-0.39, 0.29) is 17.9 Å². The molecule has 0 spiro atoms. The van der Waals surface area contributed by atoms with Gasteiger partial charge in [-0.3, -0.25) is 4.79 Å². The number of carbonyl (C=O) groups is 1. The second kappa shape index (κ2) is 8.55. The van der Waals surface area contributed by atoms with Gasteiger partial charge in [0.15, 0.2) is 0 Å². The van der Waals surface area contributed by atoms with Crippen LogP contribution in [-0.4, -0.2) is 60.5 Å². The van der Waals surface area contributed by atoms with E-state index in [1.165, 1.54) is 0 Å². The molecule has 0 saturated carbocycles. The van der Waals surface area contributed by atoms with Gasteiger partial charge in [-0.25, -0.2) is 0 Å². The van der Waals surface area contributed by atoms with Gasteiger partial charge >= 0.3 is 0 Å². The zero-order chi connectivity index (χ0) is 15.9. The Morgan fingerprint density at radius 2 is 1.95 bits per heavy atom. The maximum Gasteiger partial charge on any atom is 0.233 e. The van der Waals surface area contributed by atoms with Crippen LogP contribution in [0.4, 0.5) is 0 Å². The smallest absolute Gasteiger partial charge is 0.233 e. The molecule has 1 atom stereocenters. The third kappa shape index (κ3) is 4.24. The summed E-state index contributed by atoms with van der Waals surface area (Å²) in [6.45, 7) is 0.852. The van der Waals surface area contributed by atoms with Gasteiger partial charge < -0.3 is 19.5 Å². The van der Waals surface area contributed by atoms with E-state index in [1.54, 1.807) is 37.7 Å². The van der Waals surface area contributed by atoms with Crippen molar-refractivity contribution in [3.8, 4) is 11.5 Å². The number of thioether (sulfide) groups is 2. The standard InChI is InChI=1S/C15H21NO4S2/c1-19-12-7-11(8-13(9-12)20-2)15-16(14(18)10-22-15)3-5-21-6-4-17/h7-9,15,17H,3-6,10H2,1-2H3. The molecule has 1 aromatic carbocycles. The number of ether oxygens (including phenoxy) is 2. The highest BCUT2D eigenvalue weighted by molar-refractivity contribution is 8.00. The average molecular weight is 343 g/mol. The van der Waals surface area contributed by atoms with E-state index in [0.717, 1.165) is 22.8 Å². The molecule has 1 aromatic rings. The second-order valence-electron chi connectivity index (χ2n) is 4.73. The Labute approximate surface area is 139 Å². The van der Waals surface area contributed by atoms with Gasteiger partial charge in [0.1, 0.15) is 16.9 Å². The van der Waals surface area contributed by atoms with Crippen LogP contribution >= 0.6 is 23.5 Å². The van der Waals surface area contributed by atoms with Gasteiger partial charge in [-0.2, -0.15) is 11.8 Å². The van der Waals surface area contributed by atoms with Gasteiger partial charge in [0.2, 0.25) is 5.91 Å². The quantitative estimate of drug-likeness (QED) is 0.729. The number of aliphatic hydroxyl groups is 1. The summed E-state index contributed by atoms with van der Waals surface area (Å²) < 4.78 is 10.6. The molecule has 1 unspecified atom stereocenters. The first-order valence-electron chi connectivity index (χ1n) is 7.02. The number of benzene rings is 1.